The van der Waals surface area contributed by atoms with Crippen LogP contribution in [0, 0.1) is 0 Å². The highest BCUT2D eigenvalue weighted by Crippen LogP contribution is 2.43. The highest BCUT2D eigenvalue weighted by molar-refractivity contribution is 5.93. The van der Waals surface area contributed by atoms with Crippen LogP contribution in [0.2, 0.25) is 0 Å². The summed E-state index contributed by atoms with van der Waals surface area (Å²) in [7, 11) is 0. The van der Waals surface area contributed by atoms with Crippen molar-refractivity contribution in [3.05, 3.63) is 72.8 Å². The Hall–Kier alpha value is -4.32. The van der Waals surface area contributed by atoms with Gasteiger partial charge in [-0.1, -0.05) is 12.1 Å². The third-order valence-electron chi connectivity index (χ3n) is 4.72. The van der Waals surface area contributed by atoms with E-state index in [1.54, 1.807) is 12.1 Å². The van der Waals surface area contributed by atoms with Gasteiger partial charge in [-0.2, -0.15) is 0 Å². The zero-order valence-electron chi connectivity index (χ0n) is 15.6. The summed E-state index contributed by atoms with van der Waals surface area (Å²) in [5.41, 5.74) is 3.26. The second-order valence-electron chi connectivity index (χ2n) is 6.94. The quantitative estimate of drug-likeness (QED) is 0.289. The van der Waals surface area contributed by atoms with E-state index in [1.165, 1.54) is 60.7 Å². The third-order valence-corrected chi connectivity index (χ3v) is 4.72. The van der Waals surface area contributed by atoms with E-state index in [9.17, 15) is 30.6 Å². The van der Waals surface area contributed by atoms with E-state index in [1.807, 2.05) is 0 Å². The molecule has 0 spiro atoms. The normalized spacial score (nSPS) is 10.8. The monoisotopic (exact) mass is 402 g/mol. The Morgan fingerprint density at radius 3 is 0.967 bits per heavy atom. The summed E-state index contributed by atoms with van der Waals surface area (Å²) in [5, 5.41) is 59.7. The summed E-state index contributed by atoms with van der Waals surface area (Å²) >= 11 is 0. The Bertz CT molecular complexity index is 1120. The van der Waals surface area contributed by atoms with Crippen LogP contribution in [0.5, 0.6) is 34.5 Å². The average Bonchev–Trinajstić information content (AvgIpc) is 2.66. The van der Waals surface area contributed by atoms with Crippen LogP contribution in [0.3, 0.4) is 0 Å². The van der Waals surface area contributed by atoms with Crippen LogP contribution in [0.25, 0.3) is 33.4 Å². The molecule has 0 saturated heterocycles. The van der Waals surface area contributed by atoms with Crippen molar-refractivity contribution in [3.8, 4) is 67.9 Å². The molecule has 0 heterocycles. The van der Waals surface area contributed by atoms with Crippen molar-refractivity contribution in [1.29, 1.82) is 0 Å². The van der Waals surface area contributed by atoms with E-state index in [4.69, 9.17) is 0 Å². The highest BCUT2D eigenvalue weighted by atomic mass is 16.3. The number of hydrogen-bond acceptors (Lipinski definition) is 6. The van der Waals surface area contributed by atoms with Gasteiger partial charge in [0, 0.05) is 12.1 Å². The number of aromatic hydroxyl groups is 6. The van der Waals surface area contributed by atoms with Crippen molar-refractivity contribution in [2.75, 3.05) is 0 Å². The van der Waals surface area contributed by atoms with Crippen molar-refractivity contribution in [2.24, 2.45) is 0 Å². The van der Waals surface area contributed by atoms with E-state index in [2.05, 4.69) is 0 Å². The Morgan fingerprint density at radius 2 is 0.633 bits per heavy atom. The van der Waals surface area contributed by atoms with Gasteiger partial charge >= 0.3 is 0 Å². The van der Waals surface area contributed by atoms with E-state index in [-0.39, 0.29) is 34.5 Å². The number of benzene rings is 4. The minimum Gasteiger partial charge on any atom is -0.508 e. The second-order valence-corrected chi connectivity index (χ2v) is 6.94. The average molecular weight is 402 g/mol. The molecule has 0 aromatic heterocycles. The van der Waals surface area contributed by atoms with Gasteiger partial charge in [0.2, 0.25) is 0 Å². The molecule has 30 heavy (non-hydrogen) atoms. The largest absolute Gasteiger partial charge is 0.508 e. The van der Waals surface area contributed by atoms with Crippen LogP contribution >= 0.6 is 0 Å². The van der Waals surface area contributed by atoms with Crippen molar-refractivity contribution in [3.63, 3.8) is 0 Å². The predicted molar refractivity (Wildman–Crippen MR) is 113 cm³/mol. The first-order chi connectivity index (χ1) is 14.3. The molecule has 0 aliphatic rings. The van der Waals surface area contributed by atoms with Crippen LogP contribution in [-0.4, -0.2) is 30.6 Å². The summed E-state index contributed by atoms with van der Waals surface area (Å²) in [4.78, 5) is 0. The first-order valence-corrected chi connectivity index (χ1v) is 9.03. The number of phenolic OH excluding ortho intramolecular Hbond substituents is 6. The molecule has 0 atom stereocenters. The molecule has 4 aromatic carbocycles. The Labute approximate surface area is 171 Å². The molecular weight excluding hydrogens is 384 g/mol. The summed E-state index contributed by atoms with van der Waals surface area (Å²) in [6.45, 7) is 0. The van der Waals surface area contributed by atoms with E-state index >= 15 is 0 Å². The molecule has 4 rings (SSSR count). The van der Waals surface area contributed by atoms with Crippen LogP contribution < -0.4 is 0 Å². The Morgan fingerprint density at radius 1 is 0.300 bits per heavy atom. The van der Waals surface area contributed by atoms with E-state index < -0.39 is 0 Å². The number of phenols is 6. The van der Waals surface area contributed by atoms with Gasteiger partial charge in [0.15, 0.2) is 0 Å². The number of rotatable bonds is 3. The maximum atomic E-state index is 10.1. The van der Waals surface area contributed by atoms with Gasteiger partial charge < -0.3 is 30.6 Å². The molecule has 0 amide bonds. The van der Waals surface area contributed by atoms with Crippen molar-refractivity contribution in [2.45, 2.75) is 0 Å². The molecule has 0 aliphatic carbocycles. The fraction of sp³-hybridized carbons (Fsp3) is 0. The molecule has 0 radical (unpaired) electrons. The molecule has 0 unspecified atom stereocenters. The molecule has 0 saturated carbocycles. The van der Waals surface area contributed by atoms with Gasteiger partial charge in [0.05, 0.1) is 0 Å². The van der Waals surface area contributed by atoms with Crippen molar-refractivity contribution >= 4 is 0 Å². The SMILES string of the molecule is Oc1cc(O)cc(-c2cc(O)ccc2-c2ccc(O)cc2-c2cc(O)cc(O)c2)c1. The van der Waals surface area contributed by atoms with Gasteiger partial charge in [0.1, 0.15) is 34.5 Å². The molecule has 6 heteroatoms. The van der Waals surface area contributed by atoms with Gasteiger partial charge in [0.25, 0.3) is 0 Å². The smallest absolute Gasteiger partial charge is 0.119 e. The maximum Gasteiger partial charge on any atom is 0.119 e. The lowest BCUT2D eigenvalue weighted by Gasteiger charge is -2.16. The number of hydrogen-bond donors (Lipinski definition) is 6. The Balaban J connectivity index is 2.00. The first kappa shape index (κ1) is 19.0. The van der Waals surface area contributed by atoms with E-state index in [0.29, 0.717) is 33.4 Å². The third kappa shape index (κ3) is 3.66. The van der Waals surface area contributed by atoms with Crippen LogP contribution in [-0.2, 0) is 0 Å². The van der Waals surface area contributed by atoms with Gasteiger partial charge in [-0.3, -0.25) is 0 Å². The highest BCUT2D eigenvalue weighted by Gasteiger charge is 2.16. The molecular formula is C24H18O6. The van der Waals surface area contributed by atoms with Crippen LogP contribution in [0.1, 0.15) is 0 Å². The van der Waals surface area contributed by atoms with Crippen LogP contribution in [0.4, 0.5) is 0 Å². The summed E-state index contributed by atoms with van der Waals surface area (Å²) in [5.74, 6) is -0.559. The molecule has 6 nitrogen and oxygen atoms in total. The van der Waals surface area contributed by atoms with Crippen molar-refractivity contribution in [1.82, 2.24) is 0 Å². The maximum absolute atomic E-state index is 10.1. The van der Waals surface area contributed by atoms with E-state index in [0.717, 1.165) is 0 Å². The lowest BCUT2D eigenvalue weighted by atomic mass is 9.89. The van der Waals surface area contributed by atoms with Gasteiger partial charge in [-0.15, -0.1) is 0 Å². The fourth-order valence-corrected chi connectivity index (χ4v) is 3.51. The lowest BCUT2D eigenvalue weighted by Crippen LogP contribution is -1.90. The minimum absolute atomic E-state index is 0.00749. The Kier molecular flexibility index (Phi) is 4.60. The van der Waals surface area contributed by atoms with Gasteiger partial charge in [-0.05, 0) is 81.9 Å². The molecule has 0 aliphatic heterocycles. The van der Waals surface area contributed by atoms with Crippen molar-refractivity contribution < 1.29 is 30.6 Å². The molecule has 0 bridgehead atoms. The minimum atomic E-state index is -0.136. The molecule has 0 fully saturated rings. The molecule has 4 aromatic rings. The fourth-order valence-electron chi connectivity index (χ4n) is 3.51. The van der Waals surface area contributed by atoms with Gasteiger partial charge in [-0.25, -0.2) is 0 Å². The second kappa shape index (κ2) is 7.25. The van der Waals surface area contributed by atoms with Crippen LogP contribution in [0.15, 0.2) is 72.8 Å². The summed E-state index contributed by atoms with van der Waals surface area (Å²) in [6.07, 6.45) is 0. The zero-order chi connectivity index (χ0) is 21.4. The lowest BCUT2D eigenvalue weighted by molar-refractivity contribution is 0.450. The summed E-state index contributed by atoms with van der Waals surface area (Å²) in [6, 6.07) is 17.6. The molecule has 150 valence electrons. The molecule has 6 N–H and O–H groups in total. The standard InChI is InChI=1S/C24H18O6/c25-15-1-3-21(23(11-15)13-5-17(27)9-18(28)6-13)22-4-2-16(26)12-24(22)14-7-19(29)10-20(30)8-14/h1-12,25-30H. The zero-order valence-corrected chi connectivity index (χ0v) is 15.6. The summed E-state index contributed by atoms with van der Waals surface area (Å²) < 4.78 is 0. The first-order valence-electron chi connectivity index (χ1n) is 9.03. The topological polar surface area (TPSA) is 121 Å². The predicted octanol–water partition coefficient (Wildman–Crippen LogP) is 4.92.